The first kappa shape index (κ1) is 15.7. The zero-order valence-corrected chi connectivity index (χ0v) is 12.6. The van der Waals surface area contributed by atoms with Crippen molar-refractivity contribution in [1.29, 1.82) is 0 Å². The van der Waals surface area contributed by atoms with Crippen LogP contribution in [0.3, 0.4) is 0 Å². The highest BCUT2D eigenvalue weighted by atomic mass is 32.2. The van der Waals surface area contributed by atoms with Crippen LogP contribution in [0.1, 0.15) is 31.3 Å². The summed E-state index contributed by atoms with van der Waals surface area (Å²) in [4.78, 5) is 13.7. The Balaban J connectivity index is 2.97. The Morgan fingerprint density at radius 1 is 1.32 bits per heavy atom. The van der Waals surface area contributed by atoms with Gasteiger partial charge in [-0.15, -0.1) is 0 Å². The number of rotatable bonds is 5. The third-order valence-electron chi connectivity index (χ3n) is 3.22. The average Bonchev–Trinajstić information content (AvgIpc) is 2.86. The minimum Gasteiger partial charge on any atom is -0.438 e. The predicted molar refractivity (Wildman–Crippen MR) is 71.3 cm³/mol. The number of nitrogens with one attached hydrogen (secondary N) is 1. The van der Waals surface area contributed by atoms with Crippen LogP contribution in [-0.4, -0.2) is 39.4 Å². The molecule has 1 atom stereocenters. The van der Waals surface area contributed by atoms with Gasteiger partial charge >= 0.3 is 0 Å². The van der Waals surface area contributed by atoms with E-state index in [0.29, 0.717) is 5.92 Å². The van der Waals surface area contributed by atoms with Crippen LogP contribution in [0.25, 0.3) is 0 Å². The molecule has 1 amide bonds. The summed E-state index contributed by atoms with van der Waals surface area (Å²) in [7, 11) is -0.708. The molecule has 0 unspecified atom stereocenters. The van der Waals surface area contributed by atoms with Crippen LogP contribution < -0.4 is 4.72 Å². The van der Waals surface area contributed by atoms with Crippen LogP contribution in [0.2, 0.25) is 0 Å². The van der Waals surface area contributed by atoms with Crippen LogP contribution in [0.4, 0.5) is 0 Å². The monoisotopic (exact) mass is 288 g/mol. The van der Waals surface area contributed by atoms with E-state index in [1.807, 2.05) is 20.8 Å². The summed E-state index contributed by atoms with van der Waals surface area (Å²) in [5, 5.41) is -0.260. The minimum atomic E-state index is -3.66. The van der Waals surface area contributed by atoms with Crippen molar-refractivity contribution >= 4 is 15.9 Å². The average molecular weight is 288 g/mol. The quantitative estimate of drug-likeness (QED) is 0.885. The number of nitrogens with zero attached hydrogens (tertiary/aromatic N) is 1. The summed E-state index contributed by atoms with van der Waals surface area (Å²) < 4.78 is 30.3. The summed E-state index contributed by atoms with van der Waals surface area (Å²) in [5.74, 6) is -0.0213. The van der Waals surface area contributed by atoms with Crippen LogP contribution in [-0.2, 0) is 10.0 Å². The van der Waals surface area contributed by atoms with E-state index in [-0.39, 0.29) is 22.8 Å². The van der Waals surface area contributed by atoms with Gasteiger partial charge < -0.3 is 9.32 Å². The van der Waals surface area contributed by atoms with Crippen molar-refractivity contribution in [2.24, 2.45) is 5.92 Å². The highest BCUT2D eigenvalue weighted by molar-refractivity contribution is 7.89. The predicted octanol–water partition coefficient (Wildman–Crippen LogP) is 1.30. The van der Waals surface area contributed by atoms with Crippen LogP contribution in [0.5, 0.6) is 0 Å². The molecule has 0 spiro atoms. The molecule has 19 heavy (non-hydrogen) atoms. The molecule has 0 saturated heterocycles. The number of sulfonamides is 1. The molecule has 0 saturated carbocycles. The second kappa shape index (κ2) is 5.75. The number of carbonyl (C=O) groups is 1. The maximum Gasteiger partial charge on any atom is 0.289 e. The highest BCUT2D eigenvalue weighted by Gasteiger charge is 2.24. The van der Waals surface area contributed by atoms with Crippen LogP contribution >= 0.6 is 0 Å². The molecule has 7 heteroatoms. The van der Waals surface area contributed by atoms with Gasteiger partial charge in [-0.1, -0.05) is 13.8 Å². The molecule has 1 rings (SSSR count). The lowest BCUT2D eigenvalue weighted by molar-refractivity contribution is 0.0669. The van der Waals surface area contributed by atoms with E-state index in [0.717, 1.165) is 0 Å². The first-order valence-electron chi connectivity index (χ1n) is 6.01. The third-order valence-corrected chi connectivity index (χ3v) is 4.51. The van der Waals surface area contributed by atoms with E-state index >= 15 is 0 Å². The second-order valence-electron chi connectivity index (χ2n) is 4.73. The lowest BCUT2D eigenvalue weighted by atomic mass is 10.1. The molecule has 0 fully saturated rings. The standard InChI is InChI=1S/C12H20N2O4S/c1-8(2)9(3)14(5)12(15)10-6-7-11(18-10)19(16,17)13-4/h6-9,13H,1-5H3/t9-/m1/s1. The molecule has 0 radical (unpaired) electrons. The van der Waals surface area contributed by atoms with E-state index in [4.69, 9.17) is 4.42 Å². The minimum absolute atomic E-state index is 0.0174. The zero-order chi connectivity index (χ0) is 14.8. The number of amides is 1. The zero-order valence-electron chi connectivity index (χ0n) is 11.8. The van der Waals surface area contributed by atoms with Gasteiger partial charge in [0.1, 0.15) is 0 Å². The SMILES string of the molecule is CNS(=O)(=O)c1ccc(C(=O)N(C)[C@H](C)C(C)C)o1. The van der Waals surface area contributed by atoms with Crippen LogP contribution in [0, 0.1) is 5.92 Å². The van der Waals surface area contributed by atoms with Crippen molar-refractivity contribution in [2.45, 2.75) is 31.9 Å². The Hall–Kier alpha value is -1.34. The van der Waals surface area contributed by atoms with E-state index < -0.39 is 10.0 Å². The maximum absolute atomic E-state index is 12.1. The Bertz CT molecular complexity index is 548. The van der Waals surface area contributed by atoms with Gasteiger partial charge in [0.2, 0.25) is 5.09 Å². The summed E-state index contributed by atoms with van der Waals surface area (Å²) in [6.07, 6.45) is 0. The third kappa shape index (κ3) is 3.36. The molecule has 0 aliphatic heterocycles. The molecule has 6 nitrogen and oxygen atoms in total. The first-order valence-corrected chi connectivity index (χ1v) is 7.49. The molecule has 1 heterocycles. The number of hydrogen-bond donors (Lipinski definition) is 1. The van der Waals surface area contributed by atoms with Gasteiger partial charge in [-0.3, -0.25) is 4.79 Å². The fourth-order valence-corrected chi connectivity index (χ4v) is 2.13. The number of hydrogen-bond acceptors (Lipinski definition) is 4. The van der Waals surface area contributed by atoms with Crippen molar-refractivity contribution < 1.29 is 17.6 Å². The van der Waals surface area contributed by atoms with Gasteiger partial charge in [-0.25, -0.2) is 13.1 Å². The maximum atomic E-state index is 12.1. The largest absolute Gasteiger partial charge is 0.438 e. The molecule has 0 bridgehead atoms. The Morgan fingerprint density at radius 2 is 1.89 bits per heavy atom. The van der Waals surface area contributed by atoms with Gasteiger partial charge in [0, 0.05) is 13.1 Å². The summed E-state index contributed by atoms with van der Waals surface area (Å²) >= 11 is 0. The van der Waals surface area contributed by atoms with E-state index in [1.54, 1.807) is 11.9 Å². The molecule has 0 aliphatic carbocycles. The molecule has 108 valence electrons. The Kier molecular flexibility index (Phi) is 4.75. The Labute approximate surface area is 113 Å². The number of carbonyl (C=O) groups excluding carboxylic acids is 1. The van der Waals surface area contributed by atoms with Gasteiger partial charge in [0.25, 0.3) is 15.9 Å². The van der Waals surface area contributed by atoms with Crippen molar-refractivity contribution in [3.05, 3.63) is 17.9 Å². The van der Waals surface area contributed by atoms with Crippen molar-refractivity contribution in [3.8, 4) is 0 Å². The molecule has 1 N–H and O–H groups in total. The molecule has 0 aromatic carbocycles. The van der Waals surface area contributed by atoms with Gasteiger partial charge in [-0.2, -0.15) is 0 Å². The molecule has 1 aromatic rings. The normalized spacial score (nSPS) is 13.6. The number of furan rings is 1. The topological polar surface area (TPSA) is 79.6 Å². The van der Waals surface area contributed by atoms with Crippen molar-refractivity contribution in [2.75, 3.05) is 14.1 Å². The van der Waals surface area contributed by atoms with E-state index in [9.17, 15) is 13.2 Å². The van der Waals surface area contributed by atoms with Gasteiger partial charge in [-0.05, 0) is 32.0 Å². The summed E-state index contributed by atoms with van der Waals surface area (Å²) in [6, 6.07) is 2.67. The Morgan fingerprint density at radius 3 is 2.37 bits per heavy atom. The van der Waals surface area contributed by atoms with E-state index in [2.05, 4.69) is 4.72 Å². The van der Waals surface area contributed by atoms with Crippen molar-refractivity contribution in [1.82, 2.24) is 9.62 Å². The lowest BCUT2D eigenvalue weighted by Crippen LogP contribution is -2.38. The fraction of sp³-hybridized carbons (Fsp3) is 0.583. The van der Waals surface area contributed by atoms with Gasteiger partial charge in [0.05, 0.1) is 0 Å². The van der Waals surface area contributed by atoms with Crippen LogP contribution in [0.15, 0.2) is 21.6 Å². The highest BCUT2D eigenvalue weighted by Crippen LogP contribution is 2.17. The first-order chi connectivity index (χ1) is 8.70. The summed E-state index contributed by atoms with van der Waals surface area (Å²) in [5.41, 5.74) is 0. The van der Waals surface area contributed by atoms with Gasteiger partial charge in [0.15, 0.2) is 5.76 Å². The lowest BCUT2D eigenvalue weighted by Gasteiger charge is -2.27. The molecular formula is C12H20N2O4S. The van der Waals surface area contributed by atoms with E-state index in [1.165, 1.54) is 19.2 Å². The molecule has 1 aromatic heterocycles. The van der Waals surface area contributed by atoms with Crippen molar-refractivity contribution in [3.63, 3.8) is 0 Å². The fourth-order valence-electron chi connectivity index (χ4n) is 1.49. The second-order valence-corrected chi connectivity index (χ2v) is 6.54. The molecular weight excluding hydrogens is 268 g/mol. The summed E-state index contributed by atoms with van der Waals surface area (Å²) in [6.45, 7) is 5.94. The molecule has 0 aliphatic rings. The smallest absolute Gasteiger partial charge is 0.289 e.